The van der Waals surface area contributed by atoms with Crippen molar-refractivity contribution >= 4 is 11.8 Å². The molecular weight excluding hydrogens is 223 g/mol. The summed E-state index contributed by atoms with van der Waals surface area (Å²) < 4.78 is 18.0. The number of nitrogens with zero attached hydrogens (tertiary/aromatic N) is 1. The van der Waals surface area contributed by atoms with Crippen molar-refractivity contribution < 1.29 is 13.9 Å². The number of hydrogen-bond acceptors (Lipinski definition) is 3. The monoisotopic (exact) mass is 232 g/mol. The molecular formula is C12H9FN2O2. The van der Waals surface area contributed by atoms with Gasteiger partial charge in [0.05, 0.1) is 5.69 Å². The van der Waals surface area contributed by atoms with Gasteiger partial charge in [-0.2, -0.15) is 4.39 Å². The minimum atomic E-state index is -0.761. The molecule has 0 radical (unpaired) electrons. The Morgan fingerprint density at radius 2 is 1.94 bits per heavy atom. The zero-order chi connectivity index (χ0) is 12.1. The average molecular weight is 232 g/mol. The van der Waals surface area contributed by atoms with Crippen molar-refractivity contribution in [1.29, 1.82) is 0 Å². The first-order valence-corrected chi connectivity index (χ1v) is 4.90. The molecule has 2 rings (SSSR count). The lowest BCUT2D eigenvalue weighted by atomic mass is 10.3. The predicted octanol–water partition coefficient (Wildman–Crippen LogP) is 2.83. The molecule has 5 heteroatoms. The Morgan fingerprint density at radius 1 is 1.18 bits per heavy atom. The number of anilines is 1. The SMILES string of the molecule is O=C(Nc1cccnc1F)Oc1ccccc1. The number of pyridine rings is 1. The highest BCUT2D eigenvalue weighted by Crippen LogP contribution is 2.12. The Kier molecular flexibility index (Phi) is 3.30. The summed E-state index contributed by atoms with van der Waals surface area (Å²) in [7, 11) is 0. The van der Waals surface area contributed by atoms with Crippen LogP contribution in [0.25, 0.3) is 0 Å². The second-order valence-electron chi connectivity index (χ2n) is 3.17. The van der Waals surface area contributed by atoms with Gasteiger partial charge in [0.2, 0.25) is 5.95 Å². The fourth-order valence-corrected chi connectivity index (χ4v) is 1.21. The van der Waals surface area contributed by atoms with Crippen LogP contribution in [0.1, 0.15) is 0 Å². The molecule has 0 saturated carbocycles. The largest absolute Gasteiger partial charge is 0.417 e. The lowest BCUT2D eigenvalue weighted by Gasteiger charge is -2.06. The van der Waals surface area contributed by atoms with Crippen molar-refractivity contribution in [2.24, 2.45) is 0 Å². The van der Waals surface area contributed by atoms with E-state index in [4.69, 9.17) is 4.74 Å². The van der Waals surface area contributed by atoms with Crippen molar-refractivity contribution in [3.05, 3.63) is 54.6 Å². The molecule has 86 valence electrons. The molecule has 0 unspecified atom stereocenters. The van der Waals surface area contributed by atoms with Crippen LogP contribution in [-0.4, -0.2) is 11.1 Å². The standard InChI is InChI=1S/C12H9FN2O2/c13-11-10(7-4-8-14-11)15-12(16)17-9-5-2-1-3-6-9/h1-8H,(H,15,16). The number of halogens is 1. The van der Waals surface area contributed by atoms with Gasteiger partial charge < -0.3 is 4.74 Å². The summed E-state index contributed by atoms with van der Waals surface area (Å²) in [6, 6.07) is 11.4. The van der Waals surface area contributed by atoms with Crippen molar-refractivity contribution in [2.45, 2.75) is 0 Å². The molecule has 0 atom stereocenters. The fourth-order valence-electron chi connectivity index (χ4n) is 1.21. The van der Waals surface area contributed by atoms with Crippen molar-refractivity contribution in [3.8, 4) is 5.75 Å². The van der Waals surface area contributed by atoms with Gasteiger partial charge in [-0.25, -0.2) is 9.78 Å². The summed E-state index contributed by atoms with van der Waals surface area (Å²) >= 11 is 0. The van der Waals surface area contributed by atoms with E-state index in [9.17, 15) is 9.18 Å². The summed E-state index contributed by atoms with van der Waals surface area (Å²) in [5.74, 6) is -0.369. The number of para-hydroxylation sites is 1. The number of rotatable bonds is 2. The van der Waals surface area contributed by atoms with E-state index in [-0.39, 0.29) is 5.69 Å². The number of hydrogen-bond donors (Lipinski definition) is 1. The molecule has 4 nitrogen and oxygen atoms in total. The van der Waals surface area contributed by atoms with E-state index in [1.54, 1.807) is 30.3 Å². The number of nitrogens with one attached hydrogen (secondary N) is 1. The molecule has 0 saturated heterocycles. The number of carbonyl (C=O) groups excluding carboxylic acids is 1. The minimum Gasteiger partial charge on any atom is -0.410 e. The molecule has 1 N–H and O–H groups in total. The molecule has 0 aliphatic rings. The lowest BCUT2D eigenvalue weighted by molar-refractivity contribution is 0.215. The van der Waals surface area contributed by atoms with Gasteiger partial charge in [0.25, 0.3) is 0 Å². The number of carbonyl (C=O) groups is 1. The van der Waals surface area contributed by atoms with E-state index < -0.39 is 12.0 Å². The maximum Gasteiger partial charge on any atom is 0.417 e. The van der Waals surface area contributed by atoms with Crippen molar-refractivity contribution in [3.63, 3.8) is 0 Å². The topological polar surface area (TPSA) is 51.2 Å². The summed E-state index contributed by atoms with van der Waals surface area (Å²) in [6.07, 6.45) is 0.534. The minimum absolute atomic E-state index is 0.0200. The first-order valence-electron chi connectivity index (χ1n) is 4.90. The Bertz CT molecular complexity index is 517. The number of ether oxygens (including phenoxy) is 1. The molecule has 1 aromatic carbocycles. The quantitative estimate of drug-likeness (QED) is 0.810. The summed E-state index contributed by atoms with van der Waals surface area (Å²) in [6.45, 7) is 0. The van der Waals surface area contributed by atoms with Gasteiger partial charge in [-0.15, -0.1) is 0 Å². The molecule has 0 aliphatic heterocycles. The molecule has 2 aromatic rings. The predicted molar refractivity (Wildman–Crippen MR) is 60.3 cm³/mol. The summed E-state index contributed by atoms with van der Waals surface area (Å²) in [5.41, 5.74) is -0.0200. The highest BCUT2D eigenvalue weighted by atomic mass is 19.1. The second-order valence-corrected chi connectivity index (χ2v) is 3.17. The third-order valence-electron chi connectivity index (χ3n) is 1.95. The highest BCUT2D eigenvalue weighted by Gasteiger charge is 2.08. The molecule has 0 fully saturated rings. The number of benzene rings is 1. The number of amides is 1. The van der Waals surface area contributed by atoms with Crippen molar-refractivity contribution in [1.82, 2.24) is 4.98 Å². The molecule has 1 heterocycles. The number of aromatic nitrogens is 1. The Balaban J connectivity index is 2.01. The van der Waals surface area contributed by atoms with E-state index in [0.29, 0.717) is 5.75 Å². The molecule has 0 aliphatic carbocycles. The Labute approximate surface area is 97.1 Å². The van der Waals surface area contributed by atoms with E-state index in [1.165, 1.54) is 18.3 Å². The van der Waals surface area contributed by atoms with Gasteiger partial charge in [0.1, 0.15) is 5.75 Å². The van der Waals surface area contributed by atoms with Crippen LogP contribution in [0.5, 0.6) is 5.75 Å². The zero-order valence-electron chi connectivity index (χ0n) is 8.76. The van der Waals surface area contributed by atoms with Crippen molar-refractivity contribution in [2.75, 3.05) is 5.32 Å². The van der Waals surface area contributed by atoms with Crippen LogP contribution in [0.15, 0.2) is 48.7 Å². The van der Waals surface area contributed by atoms with Gasteiger partial charge in [-0.05, 0) is 24.3 Å². The molecule has 17 heavy (non-hydrogen) atoms. The van der Waals surface area contributed by atoms with Crippen LogP contribution < -0.4 is 10.1 Å². The third-order valence-corrected chi connectivity index (χ3v) is 1.95. The maximum atomic E-state index is 13.1. The fraction of sp³-hybridized carbons (Fsp3) is 0. The van der Waals surface area contributed by atoms with E-state index in [1.807, 2.05) is 0 Å². The zero-order valence-corrected chi connectivity index (χ0v) is 8.76. The molecule has 0 bridgehead atoms. The van der Waals surface area contributed by atoms with Gasteiger partial charge in [-0.1, -0.05) is 18.2 Å². The summed E-state index contributed by atoms with van der Waals surface area (Å²) in [4.78, 5) is 14.8. The Hall–Kier alpha value is -2.43. The Morgan fingerprint density at radius 3 is 2.65 bits per heavy atom. The van der Waals surface area contributed by atoms with E-state index >= 15 is 0 Å². The molecule has 1 aromatic heterocycles. The smallest absolute Gasteiger partial charge is 0.410 e. The van der Waals surface area contributed by atoms with Gasteiger partial charge >= 0.3 is 6.09 Å². The van der Waals surface area contributed by atoms with Gasteiger partial charge in [-0.3, -0.25) is 5.32 Å². The van der Waals surface area contributed by atoms with Crippen LogP contribution in [0.2, 0.25) is 0 Å². The average Bonchev–Trinajstić information content (AvgIpc) is 2.33. The third kappa shape index (κ3) is 3.01. The van der Waals surface area contributed by atoms with Crippen LogP contribution in [-0.2, 0) is 0 Å². The lowest BCUT2D eigenvalue weighted by Crippen LogP contribution is -2.17. The first kappa shape index (κ1) is 11.1. The maximum absolute atomic E-state index is 13.1. The van der Waals surface area contributed by atoms with Crippen LogP contribution in [0.4, 0.5) is 14.9 Å². The van der Waals surface area contributed by atoms with Gasteiger partial charge in [0, 0.05) is 6.20 Å². The second kappa shape index (κ2) is 5.07. The molecule has 0 spiro atoms. The first-order chi connectivity index (χ1) is 8.25. The van der Waals surface area contributed by atoms with E-state index in [2.05, 4.69) is 10.3 Å². The van der Waals surface area contributed by atoms with E-state index in [0.717, 1.165) is 0 Å². The van der Waals surface area contributed by atoms with Gasteiger partial charge in [0.15, 0.2) is 0 Å². The molecule has 1 amide bonds. The van der Waals surface area contributed by atoms with Crippen LogP contribution in [0.3, 0.4) is 0 Å². The van der Waals surface area contributed by atoms with Crippen LogP contribution >= 0.6 is 0 Å². The van der Waals surface area contributed by atoms with Crippen LogP contribution in [0, 0.1) is 5.95 Å². The normalized spacial score (nSPS) is 9.71. The highest BCUT2D eigenvalue weighted by molar-refractivity contribution is 5.86. The summed E-state index contributed by atoms with van der Waals surface area (Å²) in [5, 5.41) is 2.26.